The van der Waals surface area contributed by atoms with E-state index in [-0.39, 0.29) is 17.3 Å². The van der Waals surface area contributed by atoms with Crippen molar-refractivity contribution in [3.05, 3.63) is 61.4 Å². The zero-order chi connectivity index (χ0) is 19.5. The highest BCUT2D eigenvalue weighted by molar-refractivity contribution is 6.02. The molecule has 1 aromatic carbocycles. The zero-order valence-corrected chi connectivity index (χ0v) is 15.2. The molecule has 4 rings (SSSR count). The number of carbonyl (C=O) groups excluding carboxylic acids is 1. The average molecular weight is 369 g/mol. The Morgan fingerprint density at radius 1 is 1.15 bits per heavy atom. The highest BCUT2D eigenvalue weighted by atomic mass is 16.5. The van der Waals surface area contributed by atoms with Crippen LogP contribution >= 0.6 is 0 Å². The number of rotatable bonds is 2. The molecule has 140 valence electrons. The van der Waals surface area contributed by atoms with Crippen LogP contribution in [-0.2, 0) is 18.9 Å². The van der Waals surface area contributed by atoms with Gasteiger partial charge in [0.05, 0.1) is 12.7 Å². The van der Waals surface area contributed by atoms with Gasteiger partial charge >= 0.3 is 5.69 Å². The first-order chi connectivity index (χ1) is 12.8. The van der Waals surface area contributed by atoms with Crippen molar-refractivity contribution in [2.24, 2.45) is 14.1 Å². The molecule has 1 unspecified atom stereocenters. The summed E-state index contributed by atoms with van der Waals surface area (Å²) in [4.78, 5) is 38.0. The van der Waals surface area contributed by atoms with E-state index in [9.17, 15) is 19.5 Å². The number of phenols is 1. The summed E-state index contributed by atoms with van der Waals surface area (Å²) in [6.07, 6.45) is 0.883. The Morgan fingerprint density at radius 2 is 1.89 bits per heavy atom. The summed E-state index contributed by atoms with van der Waals surface area (Å²) in [6.45, 7) is 0. The van der Waals surface area contributed by atoms with Crippen molar-refractivity contribution < 1.29 is 14.6 Å². The number of hydrogen-bond acceptors (Lipinski definition) is 6. The molecule has 2 aliphatic rings. The van der Waals surface area contributed by atoms with Crippen LogP contribution in [0.3, 0.4) is 0 Å². The van der Waals surface area contributed by atoms with Gasteiger partial charge in [-0.25, -0.2) is 4.79 Å². The van der Waals surface area contributed by atoms with Gasteiger partial charge in [0.2, 0.25) is 0 Å². The third-order valence-corrected chi connectivity index (χ3v) is 5.31. The SMILES string of the molecule is COc1cc(C2C3=C(CCC3=O)Nc3c2c(=O)n(C)c(=O)n3C)ccc1O. The van der Waals surface area contributed by atoms with E-state index in [4.69, 9.17) is 4.74 Å². The minimum atomic E-state index is -0.633. The number of ketones is 1. The van der Waals surface area contributed by atoms with Crippen molar-refractivity contribution in [2.45, 2.75) is 18.8 Å². The molecule has 8 heteroatoms. The summed E-state index contributed by atoms with van der Waals surface area (Å²) in [5.41, 5.74) is 1.34. The number of methoxy groups -OCH3 is 1. The fraction of sp³-hybridized carbons (Fsp3) is 0.316. The predicted octanol–water partition coefficient (Wildman–Crippen LogP) is 0.973. The smallest absolute Gasteiger partial charge is 0.332 e. The molecule has 0 radical (unpaired) electrons. The number of nitrogens with one attached hydrogen (secondary N) is 1. The van der Waals surface area contributed by atoms with E-state index in [0.29, 0.717) is 35.4 Å². The van der Waals surface area contributed by atoms with E-state index in [1.807, 2.05) is 0 Å². The van der Waals surface area contributed by atoms with Gasteiger partial charge < -0.3 is 15.2 Å². The zero-order valence-electron chi connectivity index (χ0n) is 15.2. The lowest BCUT2D eigenvalue weighted by molar-refractivity contribution is -0.115. The highest BCUT2D eigenvalue weighted by Crippen LogP contribution is 2.45. The number of allylic oxidation sites excluding steroid dienone is 2. The second kappa shape index (κ2) is 5.87. The second-order valence-electron chi connectivity index (χ2n) is 6.77. The molecule has 1 aliphatic carbocycles. The minimum Gasteiger partial charge on any atom is -0.504 e. The normalized spacial score (nSPS) is 18.2. The number of ether oxygens (including phenoxy) is 1. The average Bonchev–Trinajstić information content (AvgIpc) is 3.04. The minimum absolute atomic E-state index is 0.0314. The molecule has 0 saturated carbocycles. The number of fused-ring (bicyclic) bond motifs is 1. The summed E-state index contributed by atoms with van der Waals surface area (Å²) in [6, 6.07) is 4.76. The Bertz CT molecular complexity index is 1140. The van der Waals surface area contributed by atoms with Gasteiger partial charge in [0.1, 0.15) is 5.82 Å². The monoisotopic (exact) mass is 369 g/mol. The van der Waals surface area contributed by atoms with Crippen molar-refractivity contribution in [2.75, 3.05) is 12.4 Å². The van der Waals surface area contributed by atoms with Gasteiger partial charge in [-0.05, 0) is 24.1 Å². The van der Waals surface area contributed by atoms with E-state index < -0.39 is 17.2 Å². The lowest BCUT2D eigenvalue weighted by Gasteiger charge is -2.29. The maximum atomic E-state index is 13.0. The van der Waals surface area contributed by atoms with Crippen LogP contribution in [0.4, 0.5) is 5.82 Å². The molecule has 2 N–H and O–H groups in total. The Labute approximate surface area is 154 Å². The second-order valence-corrected chi connectivity index (χ2v) is 6.77. The lowest BCUT2D eigenvalue weighted by Crippen LogP contribution is -2.43. The predicted molar refractivity (Wildman–Crippen MR) is 98.3 cm³/mol. The lowest BCUT2D eigenvalue weighted by atomic mass is 9.82. The molecule has 2 aromatic rings. The number of Topliss-reactive ketones (excluding diaryl/α,β-unsaturated/α-hetero) is 1. The van der Waals surface area contributed by atoms with Gasteiger partial charge in [0.15, 0.2) is 17.3 Å². The number of phenolic OH excluding ortho intramolecular Hbond substituents is 1. The first-order valence-corrected chi connectivity index (χ1v) is 8.55. The molecule has 1 atom stereocenters. The van der Waals surface area contributed by atoms with Gasteiger partial charge in [-0.15, -0.1) is 0 Å². The first-order valence-electron chi connectivity index (χ1n) is 8.55. The van der Waals surface area contributed by atoms with Crippen LogP contribution < -0.4 is 21.3 Å². The number of anilines is 1. The van der Waals surface area contributed by atoms with Gasteiger partial charge in [-0.3, -0.25) is 18.7 Å². The summed E-state index contributed by atoms with van der Waals surface area (Å²) in [5.74, 6) is -0.0477. The molecule has 0 saturated heterocycles. The van der Waals surface area contributed by atoms with E-state index in [0.717, 1.165) is 10.3 Å². The van der Waals surface area contributed by atoms with E-state index >= 15 is 0 Å². The fourth-order valence-corrected chi connectivity index (χ4v) is 3.92. The quantitative estimate of drug-likeness (QED) is 0.818. The molecule has 0 spiro atoms. The Balaban J connectivity index is 2.07. The van der Waals surface area contributed by atoms with Gasteiger partial charge in [-0.2, -0.15) is 0 Å². The number of aromatic hydroxyl groups is 1. The molecule has 1 aromatic heterocycles. The Kier molecular flexibility index (Phi) is 3.73. The summed E-state index contributed by atoms with van der Waals surface area (Å²) in [5, 5.41) is 13.1. The van der Waals surface area contributed by atoms with Gasteiger partial charge in [0.25, 0.3) is 5.56 Å². The number of nitrogens with zero attached hydrogens (tertiary/aromatic N) is 2. The van der Waals surface area contributed by atoms with Crippen molar-refractivity contribution in [3.63, 3.8) is 0 Å². The summed E-state index contributed by atoms with van der Waals surface area (Å²) in [7, 11) is 4.44. The fourth-order valence-electron chi connectivity index (χ4n) is 3.92. The van der Waals surface area contributed by atoms with Crippen LogP contribution in [0.25, 0.3) is 0 Å². The van der Waals surface area contributed by atoms with Crippen LogP contribution in [0, 0.1) is 0 Å². The number of hydrogen-bond donors (Lipinski definition) is 2. The molecule has 0 bridgehead atoms. The molecule has 0 amide bonds. The largest absolute Gasteiger partial charge is 0.504 e. The molecular weight excluding hydrogens is 350 g/mol. The molecular formula is C19H19N3O5. The summed E-state index contributed by atoms with van der Waals surface area (Å²) < 4.78 is 7.61. The number of benzene rings is 1. The summed E-state index contributed by atoms with van der Waals surface area (Å²) >= 11 is 0. The third kappa shape index (κ3) is 2.33. The molecule has 1 aliphatic heterocycles. The first kappa shape index (κ1) is 17.1. The van der Waals surface area contributed by atoms with Gasteiger partial charge in [0, 0.05) is 37.7 Å². The van der Waals surface area contributed by atoms with Crippen molar-refractivity contribution >= 4 is 11.6 Å². The third-order valence-electron chi connectivity index (χ3n) is 5.31. The maximum absolute atomic E-state index is 13.0. The maximum Gasteiger partial charge on any atom is 0.332 e. The Hall–Kier alpha value is -3.29. The van der Waals surface area contributed by atoms with Gasteiger partial charge in [-0.1, -0.05) is 6.07 Å². The molecule has 8 nitrogen and oxygen atoms in total. The number of carbonyl (C=O) groups is 1. The topological polar surface area (TPSA) is 103 Å². The standard InChI is InChI=1S/C19H19N3O5/c1-21-17-16(18(25)22(2)19(21)26)14(15-10(20-17)5-7-12(15)24)9-4-6-11(23)13(8-9)27-3/h4,6,8,14,20,23H,5,7H2,1-3H3. The van der Waals surface area contributed by atoms with Crippen molar-refractivity contribution in [1.82, 2.24) is 9.13 Å². The van der Waals surface area contributed by atoms with E-state index in [1.54, 1.807) is 19.2 Å². The van der Waals surface area contributed by atoms with Crippen molar-refractivity contribution in [1.29, 1.82) is 0 Å². The van der Waals surface area contributed by atoms with E-state index in [1.165, 1.54) is 24.8 Å². The van der Waals surface area contributed by atoms with Crippen molar-refractivity contribution in [3.8, 4) is 11.5 Å². The molecule has 27 heavy (non-hydrogen) atoms. The Morgan fingerprint density at radius 3 is 2.59 bits per heavy atom. The van der Waals surface area contributed by atoms with Crippen LogP contribution in [0.5, 0.6) is 11.5 Å². The van der Waals surface area contributed by atoms with Crippen LogP contribution in [0.2, 0.25) is 0 Å². The number of aromatic nitrogens is 2. The molecule has 0 fully saturated rings. The van der Waals surface area contributed by atoms with Crippen LogP contribution in [0.1, 0.15) is 29.9 Å². The van der Waals surface area contributed by atoms with E-state index in [2.05, 4.69) is 5.32 Å². The highest BCUT2D eigenvalue weighted by Gasteiger charge is 2.40. The molecule has 2 heterocycles. The van der Waals surface area contributed by atoms with Crippen LogP contribution in [-0.4, -0.2) is 27.1 Å². The van der Waals surface area contributed by atoms with Crippen LogP contribution in [0.15, 0.2) is 39.1 Å².